The summed E-state index contributed by atoms with van der Waals surface area (Å²) in [6.07, 6.45) is 1.94. The van der Waals surface area contributed by atoms with Crippen LogP contribution >= 0.6 is 12.4 Å². The Bertz CT molecular complexity index is 747. The number of unbranched alkanes of at least 4 members (excludes halogenated alkanes) is 1. The summed E-state index contributed by atoms with van der Waals surface area (Å²) in [5, 5.41) is 31.1. The third-order valence-corrected chi connectivity index (χ3v) is 3.94. The van der Waals surface area contributed by atoms with Gasteiger partial charge in [-0.25, -0.2) is 13.5 Å². The summed E-state index contributed by atoms with van der Waals surface area (Å²) in [6.45, 7) is -0.550. The second kappa shape index (κ2) is 11.6. The van der Waals surface area contributed by atoms with Crippen LogP contribution in [-0.2, 0) is 17.9 Å². The number of amides is 1. The fraction of sp³-hybridized carbons (Fsp3) is 0.467. The second-order valence-electron chi connectivity index (χ2n) is 6.04. The summed E-state index contributed by atoms with van der Waals surface area (Å²) in [7, 11) is -1.35. The molecule has 0 aliphatic rings. The van der Waals surface area contributed by atoms with Crippen molar-refractivity contribution in [3.63, 3.8) is 0 Å². The monoisotopic (exact) mass is 418 g/mol. The average molecular weight is 419 g/mol. The molecule has 1 aromatic heterocycles. The van der Waals surface area contributed by atoms with E-state index in [4.69, 9.17) is 15.8 Å². The first-order chi connectivity index (χ1) is 12.9. The predicted octanol–water partition coefficient (Wildman–Crippen LogP) is 0.332. The lowest BCUT2D eigenvalue weighted by Crippen LogP contribution is -2.30. The number of halogens is 3. The van der Waals surface area contributed by atoms with Crippen molar-refractivity contribution in [1.29, 1.82) is 0 Å². The van der Waals surface area contributed by atoms with E-state index in [1.165, 1.54) is 10.7 Å². The molecule has 0 aliphatic heterocycles. The molecule has 1 unspecified atom stereocenters. The maximum Gasteiger partial charge on any atom is 0.451 e. The molecule has 9 nitrogen and oxygen atoms in total. The van der Waals surface area contributed by atoms with E-state index in [1.807, 2.05) is 0 Å². The van der Waals surface area contributed by atoms with Crippen LogP contribution in [0, 0.1) is 11.6 Å². The zero-order chi connectivity index (χ0) is 19.8. The molecular weight excluding hydrogens is 396 g/mol. The smallest absolute Gasteiger partial charge is 0.427 e. The fourth-order valence-corrected chi connectivity index (χ4v) is 2.49. The Hall–Kier alpha value is -2.15. The van der Waals surface area contributed by atoms with Gasteiger partial charge in [-0.05, 0) is 35.3 Å². The third-order valence-electron chi connectivity index (χ3n) is 3.94. The molecule has 1 atom stereocenters. The number of hydrogen-bond acceptors (Lipinski definition) is 7. The molecule has 1 heterocycles. The number of tetrazole rings is 1. The number of hydrogen-bond donors (Lipinski definition) is 4. The van der Waals surface area contributed by atoms with E-state index in [1.54, 1.807) is 0 Å². The van der Waals surface area contributed by atoms with Crippen LogP contribution in [-0.4, -0.2) is 43.3 Å². The van der Waals surface area contributed by atoms with Gasteiger partial charge in [0.1, 0.15) is 18.2 Å². The van der Waals surface area contributed by atoms with Crippen molar-refractivity contribution in [1.82, 2.24) is 25.5 Å². The molecule has 28 heavy (non-hydrogen) atoms. The van der Waals surface area contributed by atoms with Crippen LogP contribution in [0.1, 0.15) is 36.7 Å². The van der Waals surface area contributed by atoms with E-state index in [2.05, 4.69) is 20.8 Å². The minimum Gasteiger partial charge on any atom is -0.427 e. The van der Waals surface area contributed by atoms with Crippen molar-refractivity contribution in [3.8, 4) is 0 Å². The van der Waals surface area contributed by atoms with Crippen LogP contribution in [0.15, 0.2) is 18.2 Å². The van der Waals surface area contributed by atoms with Gasteiger partial charge in [0.25, 0.3) is 0 Å². The van der Waals surface area contributed by atoms with Gasteiger partial charge in [0.05, 0.1) is 6.04 Å². The maximum atomic E-state index is 13.6. The molecule has 0 aliphatic carbocycles. The first-order valence-electron chi connectivity index (χ1n) is 8.46. The predicted molar refractivity (Wildman–Crippen MR) is 99.0 cm³/mol. The maximum absolute atomic E-state index is 13.6. The van der Waals surface area contributed by atoms with Crippen LogP contribution < -0.4 is 11.1 Å². The molecule has 2 aromatic rings. The van der Waals surface area contributed by atoms with Crippen LogP contribution in [0.4, 0.5) is 8.78 Å². The number of rotatable bonds is 10. The highest BCUT2D eigenvalue weighted by Crippen LogP contribution is 2.15. The van der Waals surface area contributed by atoms with Crippen LogP contribution in [0.2, 0.25) is 6.32 Å². The average Bonchev–Trinajstić information content (AvgIpc) is 3.06. The Balaban J connectivity index is 0.00000392. The summed E-state index contributed by atoms with van der Waals surface area (Å²) in [5.41, 5.74) is 5.79. The number of nitrogens with zero attached hydrogens (tertiary/aromatic N) is 4. The van der Waals surface area contributed by atoms with Crippen LogP contribution in [0.25, 0.3) is 0 Å². The van der Waals surface area contributed by atoms with Gasteiger partial charge in [0, 0.05) is 12.1 Å². The van der Waals surface area contributed by atoms with Crippen molar-refractivity contribution in [2.45, 2.75) is 44.7 Å². The Morgan fingerprint density at radius 3 is 2.61 bits per heavy atom. The van der Waals surface area contributed by atoms with Crippen LogP contribution in [0.5, 0.6) is 0 Å². The molecule has 154 valence electrons. The number of carbonyl (C=O) groups is 1. The Morgan fingerprint density at radius 2 is 1.96 bits per heavy atom. The van der Waals surface area contributed by atoms with Gasteiger partial charge in [0.2, 0.25) is 5.91 Å². The number of nitrogens with one attached hydrogen (secondary N) is 1. The first-order valence-corrected chi connectivity index (χ1v) is 8.46. The van der Waals surface area contributed by atoms with Crippen molar-refractivity contribution in [2.24, 2.45) is 5.73 Å². The van der Waals surface area contributed by atoms with Crippen molar-refractivity contribution in [3.05, 3.63) is 41.2 Å². The van der Waals surface area contributed by atoms with E-state index in [0.29, 0.717) is 25.1 Å². The summed E-state index contributed by atoms with van der Waals surface area (Å²) in [5.74, 6) is -1.71. The topological polar surface area (TPSA) is 139 Å². The van der Waals surface area contributed by atoms with Crippen molar-refractivity contribution < 1.29 is 23.6 Å². The normalized spacial score (nSPS) is 11.6. The lowest BCUT2D eigenvalue weighted by Gasteiger charge is -2.12. The van der Waals surface area contributed by atoms with Crippen molar-refractivity contribution in [2.75, 3.05) is 0 Å². The molecule has 13 heteroatoms. The van der Waals surface area contributed by atoms with E-state index in [9.17, 15) is 13.6 Å². The first kappa shape index (κ1) is 23.9. The van der Waals surface area contributed by atoms with E-state index in [-0.39, 0.29) is 37.4 Å². The molecule has 1 amide bonds. The summed E-state index contributed by atoms with van der Waals surface area (Å²) >= 11 is 0. The molecule has 0 spiro atoms. The molecule has 1 aromatic carbocycles. The zero-order valence-corrected chi connectivity index (χ0v) is 15.8. The van der Waals surface area contributed by atoms with E-state index >= 15 is 0 Å². The SMILES string of the molecule is Cl.NC(CCCCB(O)O)c1nnnn1CC(=O)NCc1c(F)cccc1F. The van der Waals surface area contributed by atoms with Gasteiger partial charge in [-0.3, -0.25) is 4.79 Å². The Morgan fingerprint density at radius 1 is 1.29 bits per heavy atom. The minimum absolute atomic E-state index is 0. The fourth-order valence-electron chi connectivity index (χ4n) is 2.49. The molecule has 0 saturated heterocycles. The molecule has 5 N–H and O–H groups in total. The van der Waals surface area contributed by atoms with Gasteiger partial charge in [-0.2, -0.15) is 0 Å². The summed E-state index contributed by atoms with van der Waals surface area (Å²) < 4.78 is 28.4. The van der Waals surface area contributed by atoms with Gasteiger partial charge >= 0.3 is 7.12 Å². The van der Waals surface area contributed by atoms with Crippen LogP contribution in [0.3, 0.4) is 0 Å². The molecule has 0 fully saturated rings. The number of aromatic nitrogens is 4. The zero-order valence-electron chi connectivity index (χ0n) is 15.0. The van der Waals surface area contributed by atoms with E-state index < -0.39 is 30.7 Å². The quantitative estimate of drug-likeness (QED) is 0.322. The third kappa shape index (κ3) is 7.11. The highest BCUT2D eigenvalue weighted by atomic mass is 35.5. The van der Waals surface area contributed by atoms with Gasteiger partial charge < -0.3 is 21.1 Å². The lowest BCUT2D eigenvalue weighted by molar-refractivity contribution is -0.122. The minimum atomic E-state index is -1.35. The molecule has 0 bridgehead atoms. The summed E-state index contributed by atoms with van der Waals surface area (Å²) in [4.78, 5) is 12.0. The van der Waals surface area contributed by atoms with Crippen molar-refractivity contribution >= 4 is 25.4 Å². The standard InChI is InChI=1S/C15H21BF2N6O3.ClH/c17-11-4-3-5-12(18)10(11)8-20-14(25)9-24-15(21-22-23-24)13(19)6-1-2-7-16(26)27;/h3-5,13,26-27H,1-2,6-9,19H2,(H,20,25);1H. The van der Waals surface area contributed by atoms with Gasteiger partial charge in [-0.1, -0.05) is 18.9 Å². The van der Waals surface area contributed by atoms with Gasteiger partial charge in [0.15, 0.2) is 5.82 Å². The largest absolute Gasteiger partial charge is 0.451 e. The molecule has 0 radical (unpaired) electrons. The summed E-state index contributed by atoms with van der Waals surface area (Å²) in [6, 6.07) is 2.93. The highest BCUT2D eigenvalue weighted by molar-refractivity contribution is 6.40. The number of benzene rings is 1. The molecular formula is C15H22BClF2N6O3. The second-order valence-corrected chi connectivity index (χ2v) is 6.04. The van der Waals surface area contributed by atoms with E-state index in [0.717, 1.165) is 12.1 Å². The molecule has 2 rings (SSSR count). The Labute approximate surface area is 166 Å². The number of nitrogens with two attached hydrogens (primary N) is 1. The lowest BCUT2D eigenvalue weighted by atomic mass is 9.83. The molecule has 0 saturated carbocycles. The number of carbonyl (C=O) groups excluding carboxylic acids is 1. The Kier molecular flexibility index (Phi) is 9.93. The van der Waals surface area contributed by atoms with Gasteiger partial charge in [-0.15, -0.1) is 17.5 Å². The highest BCUT2D eigenvalue weighted by Gasteiger charge is 2.18.